The van der Waals surface area contributed by atoms with Gasteiger partial charge in [0.25, 0.3) is 0 Å². The van der Waals surface area contributed by atoms with E-state index in [0.717, 1.165) is 22.4 Å². The SMILES string of the molecule is CN1CC[C@@H](Nc2cccc3c2cc(-c2nnc(CNC(=O)C4COC4)s2)n3CC(F)(F)F)[C@@H](F)C1. The third kappa shape index (κ3) is 5.32. The summed E-state index contributed by atoms with van der Waals surface area (Å²) >= 11 is 1.12. The summed E-state index contributed by atoms with van der Waals surface area (Å²) in [4.78, 5) is 14.0. The summed E-state index contributed by atoms with van der Waals surface area (Å²) in [6, 6.07) is 6.23. The lowest BCUT2D eigenvalue weighted by Crippen LogP contribution is -2.46. The molecule has 0 radical (unpaired) electrons. The second-order valence-corrected chi connectivity index (χ2v) is 10.3. The van der Waals surface area contributed by atoms with Crippen LogP contribution in [0.15, 0.2) is 24.3 Å². The Hall–Kier alpha value is -2.77. The molecule has 2 aromatic heterocycles. The van der Waals surface area contributed by atoms with Crippen LogP contribution in [0.3, 0.4) is 0 Å². The molecule has 194 valence electrons. The summed E-state index contributed by atoms with van der Waals surface area (Å²) in [6.07, 6.45) is -4.97. The van der Waals surface area contributed by atoms with Gasteiger partial charge in [-0.2, -0.15) is 13.2 Å². The van der Waals surface area contributed by atoms with Crippen molar-refractivity contribution >= 4 is 33.8 Å². The Balaban J connectivity index is 1.44. The van der Waals surface area contributed by atoms with Gasteiger partial charge in [0.1, 0.15) is 17.7 Å². The van der Waals surface area contributed by atoms with Gasteiger partial charge in [0.2, 0.25) is 5.91 Å². The molecule has 36 heavy (non-hydrogen) atoms. The van der Waals surface area contributed by atoms with Gasteiger partial charge in [0.05, 0.1) is 42.9 Å². The summed E-state index contributed by atoms with van der Waals surface area (Å²) in [5.41, 5.74) is 1.21. The van der Waals surface area contributed by atoms with Crippen LogP contribution in [-0.2, 0) is 22.6 Å². The van der Waals surface area contributed by atoms with Crippen molar-refractivity contribution in [3.05, 3.63) is 29.3 Å². The molecule has 13 heteroatoms. The van der Waals surface area contributed by atoms with Crippen molar-refractivity contribution in [3.63, 3.8) is 0 Å². The molecule has 2 atom stereocenters. The molecule has 3 aromatic rings. The van der Waals surface area contributed by atoms with Crippen LogP contribution in [0.2, 0.25) is 0 Å². The van der Waals surface area contributed by atoms with Crippen LogP contribution in [0.1, 0.15) is 11.4 Å². The Kier molecular flexibility index (Phi) is 6.88. The quantitative estimate of drug-likeness (QED) is 0.459. The van der Waals surface area contributed by atoms with E-state index in [4.69, 9.17) is 4.74 Å². The van der Waals surface area contributed by atoms with E-state index in [1.807, 2.05) is 11.9 Å². The molecule has 8 nitrogen and oxygen atoms in total. The number of piperidine rings is 1. The van der Waals surface area contributed by atoms with Crippen molar-refractivity contribution in [2.75, 3.05) is 38.7 Å². The number of aromatic nitrogens is 3. The number of alkyl halides is 4. The number of nitrogens with one attached hydrogen (secondary N) is 2. The van der Waals surface area contributed by atoms with Gasteiger partial charge in [-0.25, -0.2) is 4.39 Å². The fraction of sp³-hybridized carbons (Fsp3) is 0.522. The fourth-order valence-corrected chi connectivity index (χ4v) is 5.28. The molecule has 2 saturated heterocycles. The Bertz CT molecular complexity index is 1240. The first kappa shape index (κ1) is 24.9. The highest BCUT2D eigenvalue weighted by molar-refractivity contribution is 7.14. The number of hydrogen-bond acceptors (Lipinski definition) is 7. The zero-order valence-electron chi connectivity index (χ0n) is 19.5. The van der Waals surface area contributed by atoms with Gasteiger partial charge in [0.15, 0.2) is 5.01 Å². The number of benzene rings is 1. The van der Waals surface area contributed by atoms with Crippen LogP contribution in [0.5, 0.6) is 0 Å². The molecule has 4 heterocycles. The Morgan fingerprint density at radius 3 is 2.78 bits per heavy atom. The largest absolute Gasteiger partial charge is 0.406 e. The third-order valence-electron chi connectivity index (χ3n) is 6.48. The highest BCUT2D eigenvalue weighted by Gasteiger charge is 2.32. The van der Waals surface area contributed by atoms with Gasteiger partial charge < -0.3 is 24.8 Å². The summed E-state index contributed by atoms with van der Waals surface area (Å²) in [7, 11) is 1.86. The zero-order valence-corrected chi connectivity index (χ0v) is 20.3. The van der Waals surface area contributed by atoms with Crippen LogP contribution in [-0.4, -0.2) is 77.3 Å². The average molecular weight is 527 g/mol. The number of nitrogens with zero attached hydrogens (tertiary/aromatic N) is 4. The highest BCUT2D eigenvalue weighted by atomic mass is 32.1. The number of anilines is 1. The molecule has 0 unspecified atom stereocenters. The number of fused-ring (bicyclic) bond motifs is 1. The van der Waals surface area contributed by atoms with E-state index >= 15 is 0 Å². The predicted molar refractivity (Wildman–Crippen MR) is 127 cm³/mol. The number of carbonyl (C=O) groups is 1. The van der Waals surface area contributed by atoms with Crippen molar-refractivity contribution < 1.29 is 27.1 Å². The smallest absolute Gasteiger partial charge is 0.380 e. The van der Waals surface area contributed by atoms with Gasteiger partial charge >= 0.3 is 6.18 Å². The first-order chi connectivity index (χ1) is 17.2. The second kappa shape index (κ2) is 9.94. The Morgan fingerprint density at radius 1 is 1.28 bits per heavy atom. The molecule has 0 bridgehead atoms. The van der Waals surface area contributed by atoms with Gasteiger partial charge in [-0.1, -0.05) is 17.4 Å². The summed E-state index contributed by atoms with van der Waals surface area (Å²) in [5, 5.41) is 15.5. The lowest BCUT2D eigenvalue weighted by molar-refractivity contribution is -0.140. The maximum atomic E-state index is 14.7. The van der Waals surface area contributed by atoms with Crippen molar-refractivity contribution in [3.8, 4) is 10.7 Å². The topological polar surface area (TPSA) is 84.3 Å². The molecule has 2 aliphatic rings. The first-order valence-corrected chi connectivity index (χ1v) is 12.5. The van der Waals surface area contributed by atoms with Crippen molar-refractivity contribution in [1.82, 2.24) is 25.0 Å². The number of carbonyl (C=O) groups excluding carboxylic acids is 1. The molecule has 2 N–H and O–H groups in total. The molecule has 0 saturated carbocycles. The van der Waals surface area contributed by atoms with Crippen LogP contribution in [0.4, 0.5) is 23.2 Å². The first-order valence-electron chi connectivity index (χ1n) is 11.6. The highest BCUT2D eigenvalue weighted by Crippen LogP contribution is 2.36. The lowest BCUT2D eigenvalue weighted by atomic mass is 10.0. The molecule has 2 aliphatic heterocycles. The van der Waals surface area contributed by atoms with Crippen molar-refractivity contribution in [1.29, 1.82) is 0 Å². The van der Waals surface area contributed by atoms with E-state index in [2.05, 4.69) is 20.8 Å². The van der Waals surface area contributed by atoms with Gasteiger partial charge in [0, 0.05) is 24.2 Å². The molecule has 1 aromatic carbocycles. The van der Waals surface area contributed by atoms with Gasteiger partial charge in [-0.3, -0.25) is 4.79 Å². The molecule has 0 spiro atoms. The van der Waals surface area contributed by atoms with Crippen LogP contribution < -0.4 is 10.6 Å². The van der Waals surface area contributed by atoms with Crippen molar-refractivity contribution in [2.45, 2.75) is 37.9 Å². The Morgan fingerprint density at radius 2 is 2.08 bits per heavy atom. The van der Waals surface area contributed by atoms with Crippen LogP contribution in [0, 0.1) is 5.92 Å². The number of hydrogen-bond donors (Lipinski definition) is 2. The molecular weight excluding hydrogens is 500 g/mol. The van der Waals surface area contributed by atoms with Crippen LogP contribution in [0.25, 0.3) is 21.6 Å². The van der Waals surface area contributed by atoms with Crippen molar-refractivity contribution in [2.24, 2.45) is 5.92 Å². The molecule has 0 aliphatic carbocycles. The normalized spacial score (nSPS) is 21.5. The van der Waals surface area contributed by atoms with Crippen LogP contribution >= 0.6 is 11.3 Å². The Labute approximate surface area is 208 Å². The van der Waals surface area contributed by atoms with E-state index in [0.29, 0.717) is 52.8 Å². The maximum absolute atomic E-state index is 14.7. The number of rotatable bonds is 7. The summed E-state index contributed by atoms with van der Waals surface area (Å²) in [5.74, 6) is -0.342. The van der Waals surface area contributed by atoms with Gasteiger partial charge in [-0.05, 0) is 31.7 Å². The van der Waals surface area contributed by atoms with E-state index in [1.165, 1.54) is 0 Å². The maximum Gasteiger partial charge on any atom is 0.406 e. The monoisotopic (exact) mass is 526 g/mol. The molecular formula is C23H26F4N6O2S. The number of halogens is 4. The molecule has 2 fully saturated rings. The molecule has 1 amide bonds. The van der Waals surface area contributed by atoms with Gasteiger partial charge in [-0.15, -0.1) is 10.2 Å². The zero-order chi connectivity index (χ0) is 25.4. The van der Waals surface area contributed by atoms with E-state index < -0.39 is 24.9 Å². The minimum absolute atomic E-state index is 0.132. The fourth-order valence-electron chi connectivity index (χ4n) is 4.48. The third-order valence-corrected chi connectivity index (χ3v) is 7.42. The summed E-state index contributed by atoms with van der Waals surface area (Å²) < 4.78 is 61.5. The molecule has 5 rings (SSSR count). The predicted octanol–water partition coefficient (Wildman–Crippen LogP) is 3.44. The average Bonchev–Trinajstić information content (AvgIpc) is 3.37. The standard InChI is InChI=1S/C23H26F4N6O2S/c1-32-6-5-17(15(24)9-32)29-16-3-2-4-18-14(16)7-19(33(18)12-23(25,26)27)22-31-30-20(36-22)8-28-21(34)13-10-35-11-13/h2-4,7,13,15,17,29H,5-6,8-12H2,1H3,(H,28,34)/t15-,17+/m0/s1. The van der Waals surface area contributed by atoms with E-state index in [1.54, 1.807) is 24.3 Å². The number of ether oxygens (including phenoxy) is 1. The van der Waals surface area contributed by atoms with E-state index in [-0.39, 0.29) is 24.1 Å². The van der Waals surface area contributed by atoms with E-state index in [9.17, 15) is 22.4 Å². The minimum atomic E-state index is -4.46. The lowest BCUT2D eigenvalue weighted by Gasteiger charge is -2.33. The number of likely N-dealkylation sites (tertiary alicyclic amines) is 1. The summed E-state index contributed by atoms with van der Waals surface area (Å²) in [6.45, 7) is 0.706. The second-order valence-electron chi connectivity index (χ2n) is 9.24. The number of amides is 1. The minimum Gasteiger partial charge on any atom is -0.380 e.